The third-order valence-electron chi connectivity index (χ3n) is 2.90. The minimum atomic E-state index is -0.423. The van der Waals surface area contributed by atoms with Crippen molar-refractivity contribution in [3.8, 4) is 17.2 Å². The molecule has 0 atom stereocenters. The van der Waals surface area contributed by atoms with E-state index in [-0.39, 0.29) is 0 Å². The molecule has 0 fully saturated rings. The Morgan fingerprint density at radius 3 is 2.36 bits per heavy atom. The summed E-state index contributed by atoms with van der Waals surface area (Å²) >= 11 is 3.40. The molecule has 2 aromatic carbocycles. The van der Waals surface area contributed by atoms with E-state index in [0.717, 1.165) is 10.9 Å². The first-order chi connectivity index (χ1) is 10.6. The molecule has 2 aromatic rings. The minimum absolute atomic E-state index is 0.423. The maximum absolute atomic E-state index is 12.1. The topological polar surface area (TPSA) is 44.8 Å². The number of esters is 1. The number of carbonyl (C=O) groups excluding carboxylic acids is 1. The first-order valence-corrected chi connectivity index (χ1v) is 7.72. The van der Waals surface area contributed by atoms with Gasteiger partial charge in [-0.25, -0.2) is 4.79 Å². The van der Waals surface area contributed by atoms with Gasteiger partial charge in [0.25, 0.3) is 0 Å². The standard InChI is InChI=1S/C17H17BrO4/c1-3-10-21-16-9-4-12(11-15(16)18)17(19)22-14-7-5-13(20-2)6-8-14/h4-9,11H,3,10H2,1-2H3. The van der Waals surface area contributed by atoms with Crippen molar-refractivity contribution in [3.05, 3.63) is 52.5 Å². The molecule has 0 aromatic heterocycles. The zero-order valence-electron chi connectivity index (χ0n) is 12.5. The highest BCUT2D eigenvalue weighted by atomic mass is 79.9. The summed E-state index contributed by atoms with van der Waals surface area (Å²) in [5.41, 5.74) is 0.451. The van der Waals surface area contributed by atoms with Crippen LogP contribution in [0.15, 0.2) is 46.9 Å². The molecule has 0 unspecified atom stereocenters. The van der Waals surface area contributed by atoms with Gasteiger partial charge in [0.15, 0.2) is 0 Å². The number of rotatable bonds is 6. The average Bonchev–Trinajstić information content (AvgIpc) is 2.54. The molecule has 0 spiro atoms. The minimum Gasteiger partial charge on any atom is -0.497 e. The van der Waals surface area contributed by atoms with Crippen LogP contribution < -0.4 is 14.2 Å². The van der Waals surface area contributed by atoms with E-state index in [1.807, 2.05) is 6.92 Å². The van der Waals surface area contributed by atoms with E-state index >= 15 is 0 Å². The molecule has 0 aliphatic rings. The predicted molar refractivity (Wildman–Crippen MR) is 87.9 cm³/mol. The van der Waals surface area contributed by atoms with Gasteiger partial charge in [-0.05, 0) is 64.8 Å². The molecule has 4 nitrogen and oxygen atoms in total. The number of carbonyl (C=O) groups is 1. The van der Waals surface area contributed by atoms with Crippen LogP contribution in [0.25, 0.3) is 0 Å². The fourth-order valence-corrected chi connectivity index (χ4v) is 2.26. The number of halogens is 1. The number of ether oxygens (including phenoxy) is 3. The molecule has 116 valence electrons. The summed E-state index contributed by atoms with van der Waals surface area (Å²) in [6.07, 6.45) is 0.924. The van der Waals surface area contributed by atoms with E-state index in [2.05, 4.69) is 15.9 Å². The van der Waals surface area contributed by atoms with E-state index in [9.17, 15) is 4.79 Å². The number of hydrogen-bond donors (Lipinski definition) is 0. The average molecular weight is 365 g/mol. The van der Waals surface area contributed by atoms with Crippen molar-refractivity contribution in [3.63, 3.8) is 0 Å². The van der Waals surface area contributed by atoms with Gasteiger partial charge in [-0.2, -0.15) is 0 Å². The molecule has 0 aliphatic heterocycles. The van der Waals surface area contributed by atoms with E-state index in [4.69, 9.17) is 14.2 Å². The van der Waals surface area contributed by atoms with E-state index < -0.39 is 5.97 Å². The van der Waals surface area contributed by atoms with Crippen LogP contribution >= 0.6 is 15.9 Å². The monoisotopic (exact) mass is 364 g/mol. The van der Waals surface area contributed by atoms with Gasteiger partial charge < -0.3 is 14.2 Å². The lowest BCUT2D eigenvalue weighted by Gasteiger charge is -2.09. The second-order valence-electron chi connectivity index (χ2n) is 4.56. The largest absolute Gasteiger partial charge is 0.497 e. The van der Waals surface area contributed by atoms with Gasteiger partial charge >= 0.3 is 5.97 Å². The van der Waals surface area contributed by atoms with Crippen molar-refractivity contribution in [1.29, 1.82) is 0 Å². The second kappa shape index (κ2) is 7.84. The third kappa shape index (κ3) is 4.24. The van der Waals surface area contributed by atoms with Crippen LogP contribution in [0.5, 0.6) is 17.2 Å². The highest BCUT2D eigenvalue weighted by molar-refractivity contribution is 9.10. The van der Waals surface area contributed by atoms with Gasteiger partial charge in [0, 0.05) is 0 Å². The van der Waals surface area contributed by atoms with Crippen LogP contribution in [0.2, 0.25) is 0 Å². The highest BCUT2D eigenvalue weighted by Crippen LogP contribution is 2.27. The first-order valence-electron chi connectivity index (χ1n) is 6.92. The summed E-state index contributed by atoms with van der Waals surface area (Å²) in [5.74, 6) is 1.46. The maximum Gasteiger partial charge on any atom is 0.343 e. The Morgan fingerprint density at radius 2 is 1.77 bits per heavy atom. The molecule has 22 heavy (non-hydrogen) atoms. The molecule has 0 radical (unpaired) electrons. The molecule has 0 heterocycles. The Hall–Kier alpha value is -2.01. The number of hydrogen-bond acceptors (Lipinski definition) is 4. The molecule has 0 bridgehead atoms. The second-order valence-corrected chi connectivity index (χ2v) is 5.41. The fraction of sp³-hybridized carbons (Fsp3) is 0.235. The van der Waals surface area contributed by atoms with E-state index in [1.165, 1.54) is 0 Å². The Bertz CT molecular complexity index is 638. The van der Waals surface area contributed by atoms with Crippen LogP contribution in [0.4, 0.5) is 0 Å². The first kappa shape index (κ1) is 16.4. The highest BCUT2D eigenvalue weighted by Gasteiger charge is 2.11. The van der Waals surface area contributed by atoms with Gasteiger partial charge in [0.1, 0.15) is 17.2 Å². The normalized spacial score (nSPS) is 10.1. The molecule has 0 saturated heterocycles. The lowest BCUT2D eigenvalue weighted by molar-refractivity contribution is 0.0734. The van der Waals surface area contributed by atoms with Gasteiger partial charge in [-0.1, -0.05) is 6.92 Å². The van der Waals surface area contributed by atoms with Crippen molar-refractivity contribution >= 4 is 21.9 Å². The molecule has 0 aliphatic carbocycles. The van der Waals surface area contributed by atoms with Crippen molar-refractivity contribution in [2.45, 2.75) is 13.3 Å². The summed E-state index contributed by atoms with van der Waals surface area (Å²) in [4.78, 5) is 12.1. The van der Waals surface area contributed by atoms with Gasteiger partial charge in [-0.15, -0.1) is 0 Å². The summed E-state index contributed by atoms with van der Waals surface area (Å²) in [5, 5.41) is 0. The summed E-state index contributed by atoms with van der Waals surface area (Å²) < 4.78 is 16.7. The molecule has 0 saturated carbocycles. The quantitative estimate of drug-likeness (QED) is 0.560. The summed E-state index contributed by atoms with van der Waals surface area (Å²) in [6.45, 7) is 2.67. The number of benzene rings is 2. The molecule has 0 amide bonds. The van der Waals surface area contributed by atoms with E-state index in [0.29, 0.717) is 29.4 Å². The van der Waals surface area contributed by atoms with Crippen LogP contribution in [-0.2, 0) is 0 Å². The van der Waals surface area contributed by atoms with Crippen molar-refractivity contribution in [2.75, 3.05) is 13.7 Å². The van der Waals surface area contributed by atoms with E-state index in [1.54, 1.807) is 49.6 Å². The number of methoxy groups -OCH3 is 1. The SMILES string of the molecule is CCCOc1ccc(C(=O)Oc2ccc(OC)cc2)cc1Br. The molecular weight excluding hydrogens is 348 g/mol. The Morgan fingerprint density at radius 1 is 1.09 bits per heavy atom. The van der Waals surface area contributed by atoms with Crippen LogP contribution in [-0.4, -0.2) is 19.7 Å². The van der Waals surface area contributed by atoms with Gasteiger partial charge in [-0.3, -0.25) is 0 Å². The van der Waals surface area contributed by atoms with Crippen molar-refractivity contribution < 1.29 is 19.0 Å². The molecule has 2 rings (SSSR count). The molecule has 5 heteroatoms. The predicted octanol–water partition coefficient (Wildman–Crippen LogP) is 4.47. The Labute approximate surface area is 138 Å². The van der Waals surface area contributed by atoms with Gasteiger partial charge in [0.2, 0.25) is 0 Å². The summed E-state index contributed by atoms with van der Waals surface area (Å²) in [6, 6.07) is 12.0. The van der Waals surface area contributed by atoms with Crippen LogP contribution in [0, 0.1) is 0 Å². The molecular formula is C17H17BrO4. The smallest absolute Gasteiger partial charge is 0.343 e. The van der Waals surface area contributed by atoms with Crippen LogP contribution in [0.1, 0.15) is 23.7 Å². The summed E-state index contributed by atoms with van der Waals surface area (Å²) in [7, 11) is 1.58. The maximum atomic E-state index is 12.1. The van der Waals surface area contributed by atoms with Crippen molar-refractivity contribution in [1.82, 2.24) is 0 Å². The fourth-order valence-electron chi connectivity index (χ4n) is 1.77. The van der Waals surface area contributed by atoms with Gasteiger partial charge in [0.05, 0.1) is 23.8 Å². The zero-order valence-corrected chi connectivity index (χ0v) is 14.1. The Kier molecular flexibility index (Phi) is 5.83. The van der Waals surface area contributed by atoms with Crippen molar-refractivity contribution in [2.24, 2.45) is 0 Å². The lowest BCUT2D eigenvalue weighted by atomic mass is 10.2. The zero-order chi connectivity index (χ0) is 15.9. The van der Waals surface area contributed by atoms with Crippen LogP contribution in [0.3, 0.4) is 0 Å². The Balaban J connectivity index is 2.06. The lowest BCUT2D eigenvalue weighted by Crippen LogP contribution is -2.08. The molecule has 0 N–H and O–H groups in total. The third-order valence-corrected chi connectivity index (χ3v) is 3.52.